The van der Waals surface area contributed by atoms with E-state index in [4.69, 9.17) is 9.47 Å². The molecule has 1 heterocycles. The third-order valence-electron chi connectivity index (χ3n) is 5.12. The van der Waals surface area contributed by atoms with Gasteiger partial charge in [-0.3, -0.25) is 4.90 Å². The molecule has 0 saturated carbocycles. The van der Waals surface area contributed by atoms with Crippen LogP contribution in [0.1, 0.15) is 29.3 Å². The van der Waals surface area contributed by atoms with Gasteiger partial charge in [0.15, 0.2) is 0 Å². The molecule has 7 nitrogen and oxygen atoms in total. The van der Waals surface area contributed by atoms with E-state index in [0.29, 0.717) is 25.2 Å². The van der Waals surface area contributed by atoms with Gasteiger partial charge in [0, 0.05) is 26.2 Å². The maximum Gasteiger partial charge on any atom is 0.338 e. The molecule has 0 radical (unpaired) electrons. The number of nitrogens with zero attached hydrogens (tertiary/aromatic N) is 2. The van der Waals surface area contributed by atoms with Crippen molar-refractivity contribution in [3.63, 3.8) is 0 Å². The number of benzene rings is 2. The zero-order valence-corrected chi connectivity index (χ0v) is 18.2. The van der Waals surface area contributed by atoms with Crippen molar-refractivity contribution in [1.82, 2.24) is 9.21 Å². The number of rotatable bonds is 7. The highest BCUT2D eigenvalue weighted by Gasteiger charge is 2.27. The van der Waals surface area contributed by atoms with Gasteiger partial charge >= 0.3 is 5.97 Å². The molecule has 1 saturated heterocycles. The van der Waals surface area contributed by atoms with Crippen molar-refractivity contribution >= 4 is 16.0 Å². The van der Waals surface area contributed by atoms with E-state index in [1.54, 1.807) is 14.0 Å². The summed E-state index contributed by atoms with van der Waals surface area (Å²) < 4.78 is 37.8. The van der Waals surface area contributed by atoms with Crippen molar-refractivity contribution in [2.24, 2.45) is 0 Å². The number of methoxy groups -OCH3 is 1. The molecule has 0 N–H and O–H groups in total. The van der Waals surface area contributed by atoms with E-state index in [9.17, 15) is 13.2 Å². The number of ether oxygens (including phenoxy) is 2. The third-order valence-corrected chi connectivity index (χ3v) is 7.03. The number of hydrogen-bond acceptors (Lipinski definition) is 6. The fourth-order valence-electron chi connectivity index (χ4n) is 3.46. The van der Waals surface area contributed by atoms with Crippen molar-refractivity contribution in [3.8, 4) is 5.75 Å². The molecule has 8 heteroatoms. The standard InChI is InChI=1S/C22H28N2O5S/c1-3-29-22(25)19-7-11-21(12-8-19)30(26,27)24-14-4-13-23(15-16-24)17-18-5-9-20(28-2)10-6-18/h5-12H,3-4,13-17H2,1-2H3. The number of carbonyl (C=O) groups is 1. The van der Waals surface area contributed by atoms with Gasteiger partial charge in [-0.25, -0.2) is 13.2 Å². The number of esters is 1. The summed E-state index contributed by atoms with van der Waals surface area (Å²) in [6.07, 6.45) is 0.760. The predicted octanol–water partition coefficient (Wildman–Crippen LogP) is 2.77. The van der Waals surface area contributed by atoms with Crippen molar-refractivity contribution in [2.45, 2.75) is 24.8 Å². The van der Waals surface area contributed by atoms with Crippen molar-refractivity contribution in [3.05, 3.63) is 59.7 Å². The van der Waals surface area contributed by atoms with Gasteiger partial charge in [-0.1, -0.05) is 12.1 Å². The Labute approximate surface area is 178 Å². The molecule has 2 aromatic rings. The monoisotopic (exact) mass is 432 g/mol. The Morgan fingerprint density at radius 2 is 1.67 bits per heavy atom. The highest BCUT2D eigenvalue weighted by molar-refractivity contribution is 7.89. The topological polar surface area (TPSA) is 76.2 Å². The molecule has 0 amide bonds. The molecule has 0 bridgehead atoms. The van der Waals surface area contributed by atoms with Crippen molar-refractivity contribution in [2.75, 3.05) is 39.9 Å². The zero-order chi connectivity index (χ0) is 21.6. The first-order valence-electron chi connectivity index (χ1n) is 10.1. The highest BCUT2D eigenvalue weighted by Crippen LogP contribution is 2.20. The van der Waals surface area contributed by atoms with Gasteiger partial charge in [0.1, 0.15) is 5.75 Å². The fourth-order valence-corrected chi connectivity index (χ4v) is 4.93. The lowest BCUT2D eigenvalue weighted by atomic mass is 10.2. The Hall–Kier alpha value is -2.42. The van der Waals surface area contributed by atoms with Gasteiger partial charge in [0.2, 0.25) is 10.0 Å². The van der Waals surface area contributed by atoms with E-state index in [1.807, 2.05) is 24.3 Å². The summed E-state index contributed by atoms with van der Waals surface area (Å²) in [4.78, 5) is 14.2. The molecule has 1 fully saturated rings. The van der Waals surface area contributed by atoms with Crippen LogP contribution in [0.5, 0.6) is 5.75 Å². The lowest BCUT2D eigenvalue weighted by molar-refractivity contribution is 0.0526. The molecule has 0 atom stereocenters. The molecule has 0 unspecified atom stereocenters. The Bertz CT molecular complexity index is 942. The Morgan fingerprint density at radius 3 is 2.30 bits per heavy atom. The molecule has 0 aromatic heterocycles. The minimum absolute atomic E-state index is 0.194. The van der Waals surface area contributed by atoms with E-state index in [2.05, 4.69) is 4.90 Å². The summed E-state index contributed by atoms with van der Waals surface area (Å²) in [5.41, 5.74) is 1.51. The maximum absolute atomic E-state index is 13.1. The van der Waals surface area contributed by atoms with Crippen molar-refractivity contribution < 1.29 is 22.7 Å². The van der Waals surface area contributed by atoms with Crippen molar-refractivity contribution in [1.29, 1.82) is 0 Å². The van der Waals surface area contributed by atoms with Gasteiger partial charge in [-0.05, 0) is 61.9 Å². The number of sulfonamides is 1. The maximum atomic E-state index is 13.1. The van der Waals surface area contributed by atoms with E-state index in [1.165, 1.54) is 34.1 Å². The van der Waals surface area contributed by atoms with E-state index >= 15 is 0 Å². The van der Waals surface area contributed by atoms with Crippen LogP contribution >= 0.6 is 0 Å². The van der Waals surface area contributed by atoms with Gasteiger partial charge in [0.05, 0.1) is 24.2 Å². The summed E-state index contributed by atoms with van der Waals surface area (Å²) in [7, 11) is -1.97. The average molecular weight is 433 g/mol. The molecule has 3 rings (SSSR count). The van der Waals surface area contributed by atoms with Crippen LogP contribution in [0.4, 0.5) is 0 Å². The molecule has 1 aliphatic heterocycles. The number of hydrogen-bond donors (Lipinski definition) is 0. The first kappa shape index (κ1) is 22.3. The van der Waals surface area contributed by atoms with Crippen LogP contribution in [-0.2, 0) is 21.3 Å². The van der Waals surface area contributed by atoms with Gasteiger partial charge < -0.3 is 9.47 Å². The minimum Gasteiger partial charge on any atom is -0.497 e. The van der Waals surface area contributed by atoms with Crippen LogP contribution < -0.4 is 4.74 Å². The second-order valence-corrected chi connectivity index (χ2v) is 9.06. The molecular formula is C22H28N2O5S. The molecule has 0 aliphatic carbocycles. The SMILES string of the molecule is CCOC(=O)c1ccc(S(=O)(=O)N2CCCN(Cc3ccc(OC)cc3)CC2)cc1. The second kappa shape index (κ2) is 10.1. The van der Waals surface area contributed by atoms with Crippen LogP contribution in [0.25, 0.3) is 0 Å². The van der Waals surface area contributed by atoms with Crippen LogP contribution in [0.15, 0.2) is 53.4 Å². The molecule has 162 valence electrons. The third kappa shape index (κ3) is 5.38. The second-order valence-electron chi connectivity index (χ2n) is 7.13. The van der Waals surface area contributed by atoms with E-state index < -0.39 is 16.0 Å². The smallest absolute Gasteiger partial charge is 0.338 e. The lowest BCUT2D eigenvalue weighted by Gasteiger charge is -2.22. The van der Waals surface area contributed by atoms with Gasteiger partial charge in [-0.15, -0.1) is 0 Å². The summed E-state index contributed by atoms with van der Waals surface area (Å²) >= 11 is 0. The van der Waals surface area contributed by atoms with Crippen LogP contribution in [-0.4, -0.2) is 63.5 Å². The molecular weight excluding hydrogens is 404 g/mol. The molecule has 30 heavy (non-hydrogen) atoms. The highest BCUT2D eigenvalue weighted by atomic mass is 32.2. The quantitative estimate of drug-likeness (QED) is 0.627. The summed E-state index contributed by atoms with van der Waals surface area (Å²) in [5.74, 6) is 0.367. The lowest BCUT2D eigenvalue weighted by Crippen LogP contribution is -2.35. The average Bonchev–Trinajstić information content (AvgIpc) is 3.01. The largest absolute Gasteiger partial charge is 0.497 e. The fraction of sp³-hybridized carbons (Fsp3) is 0.409. The van der Waals surface area contributed by atoms with Gasteiger partial charge in [0.25, 0.3) is 0 Å². The first-order chi connectivity index (χ1) is 14.4. The van der Waals surface area contributed by atoms with Gasteiger partial charge in [-0.2, -0.15) is 4.31 Å². The van der Waals surface area contributed by atoms with Crippen LogP contribution in [0, 0.1) is 0 Å². The zero-order valence-electron chi connectivity index (χ0n) is 17.4. The number of carbonyl (C=O) groups excluding carboxylic acids is 1. The summed E-state index contributed by atoms with van der Waals surface area (Å²) in [6.45, 7) is 5.17. The summed E-state index contributed by atoms with van der Waals surface area (Å²) in [6, 6.07) is 13.9. The van der Waals surface area contributed by atoms with E-state index in [-0.39, 0.29) is 11.5 Å². The Kier molecular flexibility index (Phi) is 7.47. The predicted molar refractivity (Wildman–Crippen MR) is 114 cm³/mol. The Morgan fingerprint density at radius 1 is 0.967 bits per heavy atom. The molecule has 2 aromatic carbocycles. The summed E-state index contributed by atoms with van der Waals surface area (Å²) in [5, 5.41) is 0. The molecule has 0 spiro atoms. The van der Waals surface area contributed by atoms with E-state index in [0.717, 1.165) is 25.3 Å². The Balaban J connectivity index is 1.63. The normalized spacial score (nSPS) is 16.1. The molecule has 1 aliphatic rings. The van der Waals surface area contributed by atoms with Crippen LogP contribution in [0.3, 0.4) is 0 Å². The first-order valence-corrected chi connectivity index (χ1v) is 11.5. The van der Waals surface area contributed by atoms with Crippen LogP contribution in [0.2, 0.25) is 0 Å². The minimum atomic E-state index is -3.61.